The van der Waals surface area contributed by atoms with E-state index in [1.165, 1.54) is 0 Å². The molecular formula is C10H11NO2. The van der Waals surface area contributed by atoms with Crippen LogP contribution in [-0.4, -0.2) is 23.5 Å². The van der Waals surface area contributed by atoms with Gasteiger partial charge in [0.15, 0.2) is 6.10 Å². The highest BCUT2D eigenvalue weighted by molar-refractivity contribution is 6.01. The first kappa shape index (κ1) is 8.26. The van der Waals surface area contributed by atoms with Crippen LogP contribution in [0.25, 0.3) is 0 Å². The summed E-state index contributed by atoms with van der Waals surface area (Å²) >= 11 is 0. The van der Waals surface area contributed by atoms with E-state index in [9.17, 15) is 0 Å². The van der Waals surface area contributed by atoms with Crippen LogP contribution in [0.15, 0.2) is 35.5 Å². The Hall–Kier alpha value is -1.35. The SMILES string of the molecule is OCC1CC(c2ccccc2)=NO1. The molecule has 1 aliphatic heterocycles. The van der Waals surface area contributed by atoms with Gasteiger partial charge in [0.2, 0.25) is 0 Å². The molecule has 0 aromatic heterocycles. The third kappa shape index (κ3) is 1.70. The van der Waals surface area contributed by atoms with Crippen LogP contribution in [0, 0.1) is 0 Å². The van der Waals surface area contributed by atoms with Gasteiger partial charge in [0.1, 0.15) is 0 Å². The van der Waals surface area contributed by atoms with Crippen LogP contribution in [0.2, 0.25) is 0 Å². The molecule has 3 nitrogen and oxygen atoms in total. The van der Waals surface area contributed by atoms with Gasteiger partial charge in [-0.2, -0.15) is 0 Å². The van der Waals surface area contributed by atoms with Gasteiger partial charge in [-0.05, 0) is 5.56 Å². The standard InChI is InChI=1S/C10H11NO2/c12-7-9-6-10(11-13-9)8-4-2-1-3-5-8/h1-5,9,12H,6-7H2. The summed E-state index contributed by atoms with van der Waals surface area (Å²) in [6.45, 7) is 0.0276. The van der Waals surface area contributed by atoms with E-state index >= 15 is 0 Å². The highest BCUT2D eigenvalue weighted by Crippen LogP contribution is 2.15. The maximum Gasteiger partial charge on any atom is 0.156 e. The van der Waals surface area contributed by atoms with Crippen molar-refractivity contribution in [2.45, 2.75) is 12.5 Å². The van der Waals surface area contributed by atoms with Crippen LogP contribution in [0.1, 0.15) is 12.0 Å². The fourth-order valence-corrected chi connectivity index (χ4v) is 1.33. The third-order valence-electron chi connectivity index (χ3n) is 2.04. The maximum atomic E-state index is 8.83. The number of aliphatic hydroxyl groups is 1. The Labute approximate surface area is 76.6 Å². The molecule has 3 heteroatoms. The molecule has 0 spiro atoms. The van der Waals surface area contributed by atoms with Crippen molar-refractivity contribution >= 4 is 5.71 Å². The minimum Gasteiger partial charge on any atom is -0.392 e. The number of nitrogens with zero attached hydrogens (tertiary/aromatic N) is 1. The molecule has 0 saturated carbocycles. The highest BCUT2D eigenvalue weighted by Gasteiger charge is 2.20. The van der Waals surface area contributed by atoms with Crippen molar-refractivity contribution in [2.24, 2.45) is 5.16 Å². The summed E-state index contributed by atoms with van der Waals surface area (Å²) in [6.07, 6.45) is 0.538. The molecule has 68 valence electrons. The molecular weight excluding hydrogens is 166 g/mol. The van der Waals surface area contributed by atoms with Gasteiger partial charge in [-0.15, -0.1) is 0 Å². The maximum absolute atomic E-state index is 8.83. The molecule has 0 saturated heterocycles. The summed E-state index contributed by atoms with van der Waals surface area (Å²) in [5.74, 6) is 0. The van der Waals surface area contributed by atoms with Crippen molar-refractivity contribution in [2.75, 3.05) is 6.61 Å². The van der Waals surface area contributed by atoms with Crippen molar-refractivity contribution in [3.63, 3.8) is 0 Å². The molecule has 0 amide bonds. The summed E-state index contributed by atoms with van der Waals surface area (Å²) in [7, 11) is 0. The van der Waals surface area contributed by atoms with Crippen LogP contribution in [0.5, 0.6) is 0 Å². The summed E-state index contributed by atoms with van der Waals surface area (Å²) in [4.78, 5) is 5.01. The third-order valence-corrected chi connectivity index (χ3v) is 2.04. The molecule has 1 heterocycles. The first-order chi connectivity index (χ1) is 6.40. The van der Waals surface area contributed by atoms with Crippen molar-refractivity contribution in [1.82, 2.24) is 0 Å². The van der Waals surface area contributed by atoms with Crippen molar-refractivity contribution < 1.29 is 9.94 Å². The predicted octanol–water partition coefficient (Wildman–Crippen LogP) is 1.17. The predicted molar refractivity (Wildman–Crippen MR) is 49.6 cm³/mol. The largest absolute Gasteiger partial charge is 0.392 e. The van der Waals surface area contributed by atoms with E-state index in [1.54, 1.807) is 0 Å². The van der Waals surface area contributed by atoms with Gasteiger partial charge >= 0.3 is 0 Å². The summed E-state index contributed by atoms with van der Waals surface area (Å²) in [6, 6.07) is 9.86. The van der Waals surface area contributed by atoms with Gasteiger partial charge in [-0.1, -0.05) is 35.5 Å². The topological polar surface area (TPSA) is 41.8 Å². The van der Waals surface area contributed by atoms with Crippen LogP contribution in [0.3, 0.4) is 0 Å². The van der Waals surface area contributed by atoms with Gasteiger partial charge in [0.25, 0.3) is 0 Å². The Bertz CT molecular complexity index is 308. The van der Waals surface area contributed by atoms with E-state index in [4.69, 9.17) is 9.94 Å². The zero-order chi connectivity index (χ0) is 9.10. The molecule has 1 atom stereocenters. The lowest BCUT2D eigenvalue weighted by atomic mass is 10.1. The molecule has 0 bridgehead atoms. The molecule has 1 aromatic rings. The number of hydrogen-bond donors (Lipinski definition) is 1. The van der Waals surface area contributed by atoms with Crippen LogP contribution < -0.4 is 0 Å². The Kier molecular flexibility index (Phi) is 2.27. The second-order valence-electron chi connectivity index (χ2n) is 3.02. The van der Waals surface area contributed by atoms with Gasteiger partial charge in [0, 0.05) is 6.42 Å². The number of hydrogen-bond acceptors (Lipinski definition) is 3. The zero-order valence-electron chi connectivity index (χ0n) is 7.18. The molecule has 0 aliphatic carbocycles. The van der Waals surface area contributed by atoms with E-state index in [-0.39, 0.29) is 12.7 Å². The van der Waals surface area contributed by atoms with E-state index in [0.29, 0.717) is 6.42 Å². The minimum atomic E-state index is -0.157. The fourth-order valence-electron chi connectivity index (χ4n) is 1.33. The quantitative estimate of drug-likeness (QED) is 0.736. The fraction of sp³-hybridized carbons (Fsp3) is 0.300. The molecule has 1 N–H and O–H groups in total. The summed E-state index contributed by atoms with van der Waals surface area (Å²) < 4.78 is 0. The smallest absolute Gasteiger partial charge is 0.156 e. The van der Waals surface area contributed by atoms with Gasteiger partial charge in [-0.3, -0.25) is 0 Å². The van der Waals surface area contributed by atoms with E-state index in [2.05, 4.69) is 5.16 Å². The summed E-state index contributed by atoms with van der Waals surface area (Å²) in [5.41, 5.74) is 1.98. The van der Waals surface area contributed by atoms with Gasteiger partial charge in [0.05, 0.1) is 12.3 Å². The highest BCUT2D eigenvalue weighted by atomic mass is 16.6. The lowest BCUT2D eigenvalue weighted by Gasteiger charge is -2.01. The van der Waals surface area contributed by atoms with E-state index in [1.807, 2.05) is 30.3 Å². The van der Waals surface area contributed by atoms with Crippen molar-refractivity contribution in [1.29, 1.82) is 0 Å². The van der Waals surface area contributed by atoms with Crippen LogP contribution in [0.4, 0.5) is 0 Å². The molecule has 0 radical (unpaired) electrons. The molecule has 13 heavy (non-hydrogen) atoms. The number of oxime groups is 1. The number of aliphatic hydroxyl groups excluding tert-OH is 1. The lowest BCUT2D eigenvalue weighted by Crippen LogP contribution is -2.12. The Morgan fingerprint density at radius 1 is 1.38 bits per heavy atom. The first-order valence-corrected chi connectivity index (χ1v) is 4.29. The molecule has 0 fully saturated rings. The van der Waals surface area contributed by atoms with Crippen LogP contribution >= 0.6 is 0 Å². The molecule has 1 aromatic carbocycles. The first-order valence-electron chi connectivity index (χ1n) is 4.29. The Balaban J connectivity index is 2.12. The second-order valence-corrected chi connectivity index (χ2v) is 3.02. The lowest BCUT2D eigenvalue weighted by molar-refractivity contribution is 0.0390. The van der Waals surface area contributed by atoms with Crippen molar-refractivity contribution in [3.05, 3.63) is 35.9 Å². The zero-order valence-corrected chi connectivity index (χ0v) is 7.18. The minimum absolute atomic E-state index is 0.0276. The van der Waals surface area contributed by atoms with E-state index < -0.39 is 0 Å². The Morgan fingerprint density at radius 2 is 2.15 bits per heavy atom. The van der Waals surface area contributed by atoms with Gasteiger partial charge < -0.3 is 9.94 Å². The monoisotopic (exact) mass is 177 g/mol. The number of rotatable bonds is 2. The van der Waals surface area contributed by atoms with Crippen molar-refractivity contribution in [3.8, 4) is 0 Å². The second kappa shape index (κ2) is 3.58. The molecule has 1 unspecified atom stereocenters. The van der Waals surface area contributed by atoms with Gasteiger partial charge in [-0.25, -0.2) is 0 Å². The van der Waals surface area contributed by atoms with E-state index in [0.717, 1.165) is 11.3 Å². The summed E-state index contributed by atoms with van der Waals surface area (Å²) in [5, 5.41) is 12.7. The molecule has 1 aliphatic rings. The Morgan fingerprint density at radius 3 is 2.77 bits per heavy atom. The molecule has 2 rings (SSSR count). The van der Waals surface area contributed by atoms with Crippen LogP contribution in [-0.2, 0) is 4.84 Å². The average molecular weight is 177 g/mol. The normalized spacial score (nSPS) is 21.0. The number of benzene rings is 1. The average Bonchev–Trinajstić information content (AvgIpc) is 2.67.